The van der Waals surface area contributed by atoms with Crippen LogP contribution in [0, 0.1) is 6.92 Å². The molecule has 0 saturated heterocycles. The molecule has 1 N–H and O–H groups in total. The van der Waals surface area contributed by atoms with Crippen LogP contribution in [0.5, 0.6) is 0 Å². The molecule has 2 aromatic carbocycles. The predicted octanol–water partition coefficient (Wildman–Crippen LogP) is 3.65. The summed E-state index contributed by atoms with van der Waals surface area (Å²) in [5, 5.41) is 7.66. The number of aryl methyl sites for hydroxylation is 1. The van der Waals surface area contributed by atoms with E-state index in [2.05, 4.69) is 10.5 Å². The van der Waals surface area contributed by atoms with Crippen molar-refractivity contribution in [2.24, 2.45) is 5.16 Å². The van der Waals surface area contributed by atoms with Crippen molar-refractivity contribution >= 4 is 23.2 Å². The Morgan fingerprint density at radius 2 is 2.12 bits per heavy atom. The fourth-order valence-electron chi connectivity index (χ4n) is 2.66. The van der Waals surface area contributed by atoms with E-state index in [4.69, 9.17) is 16.4 Å². The maximum atomic E-state index is 12.3. The Morgan fingerprint density at radius 1 is 1.29 bits per heavy atom. The number of carbonyl (C=O) groups excluding carboxylic acids is 1. The van der Waals surface area contributed by atoms with Gasteiger partial charge in [0, 0.05) is 24.4 Å². The predicted molar refractivity (Wildman–Crippen MR) is 95.1 cm³/mol. The van der Waals surface area contributed by atoms with Gasteiger partial charge >= 0.3 is 0 Å². The molecule has 0 spiro atoms. The van der Waals surface area contributed by atoms with Crippen LogP contribution >= 0.6 is 11.6 Å². The molecular weight excluding hydrogens is 324 g/mol. The van der Waals surface area contributed by atoms with Gasteiger partial charge in [0.15, 0.2) is 0 Å². The number of amides is 1. The minimum Gasteiger partial charge on any atom is -0.382 e. The van der Waals surface area contributed by atoms with Gasteiger partial charge in [0.1, 0.15) is 0 Å². The number of oxime groups is 1. The van der Waals surface area contributed by atoms with Crippen molar-refractivity contribution in [2.75, 3.05) is 0 Å². The normalized spacial score (nSPS) is 16.4. The second-order valence-electron chi connectivity index (χ2n) is 5.91. The minimum absolute atomic E-state index is 0.136. The number of halogens is 1. The Kier molecular flexibility index (Phi) is 5.16. The average Bonchev–Trinajstić information content (AvgIpc) is 3.02. The van der Waals surface area contributed by atoms with Crippen molar-refractivity contribution in [3.8, 4) is 0 Å². The molecule has 5 heteroatoms. The van der Waals surface area contributed by atoms with Gasteiger partial charge < -0.3 is 10.2 Å². The molecule has 0 fully saturated rings. The summed E-state index contributed by atoms with van der Waals surface area (Å²) in [5.41, 5.74) is 4.17. The van der Waals surface area contributed by atoms with Crippen molar-refractivity contribution in [1.82, 2.24) is 5.32 Å². The van der Waals surface area contributed by atoms with E-state index >= 15 is 0 Å². The smallest absolute Gasteiger partial charge is 0.264 e. The average molecular weight is 343 g/mol. The van der Waals surface area contributed by atoms with Gasteiger partial charge in [0.25, 0.3) is 5.91 Å². The quantitative estimate of drug-likeness (QED) is 0.901. The van der Waals surface area contributed by atoms with Crippen LogP contribution in [-0.4, -0.2) is 17.7 Å². The van der Waals surface area contributed by atoms with Gasteiger partial charge in [-0.15, -0.1) is 0 Å². The van der Waals surface area contributed by atoms with E-state index in [1.807, 2.05) is 55.5 Å². The van der Waals surface area contributed by atoms with E-state index < -0.39 is 6.10 Å². The molecule has 2 aromatic rings. The van der Waals surface area contributed by atoms with E-state index in [-0.39, 0.29) is 5.91 Å². The molecule has 3 rings (SSSR count). The van der Waals surface area contributed by atoms with Crippen LogP contribution in [0.25, 0.3) is 0 Å². The molecule has 0 unspecified atom stereocenters. The maximum Gasteiger partial charge on any atom is 0.264 e. The number of carbonyl (C=O) groups is 1. The summed E-state index contributed by atoms with van der Waals surface area (Å²) in [6, 6.07) is 15.6. The highest BCUT2D eigenvalue weighted by Gasteiger charge is 2.27. The van der Waals surface area contributed by atoms with E-state index in [9.17, 15) is 4.79 Å². The molecule has 0 radical (unpaired) electrons. The second kappa shape index (κ2) is 7.49. The Labute approximate surface area is 146 Å². The summed E-state index contributed by atoms with van der Waals surface area (Å²) >= 11 is 5.99. The molecule has 1 amide bonds. The lowest BCUT2D eigenvalue weighted by Gasteiger charge is -2.11. The van der Waals surface area contributed by atoms with E-state index in [1.54, 1.807) is 0 Å². The lowest BCUT2D eigenvalue weighted by molar-refractivity contribution is -0.131. The van der Waals surface area contributed by atoms with Crippen LogP contribution in [0.2, 0.25) is 5.02 Å². The van der Waals surface area contributed by atoms with Gasteiger partial charge in [0.05, 0.1) is 5.71 Å². The van der Waals surface area contributed by atoms with Crippen molar-refractivity contribution in [3.63, 3.8) is 0 Å². The number of hydrogen-bond acceptors (Lipinski definition) is 3. The second-order valence-corrected chi connectivity index (χ2v) is 6.34. The van der Waals surface area contributed by atoms with Crippen LogP contribution in [0.15, 0.2) is 53.7 Å². The molecule has 1 aliphatic heterocycles. The zero-order valence-corrected chi connectivity index (χ0v) is 14.2. The Bertz CT molecular complexity index is 773. The van der Waals surface area contributed by atoms with E-state index in [0.29, 0.717) is 24.4 Å². The molecule has 1 heterocycles. The van der Waals surface area contributed by atoms with Crippen molar-refractivity contribution in [1.29, 1.82) is 0 Å². The Balaban J connectivity index is 1.51. The molecule has 1 aliphatic rings. The monoisotopic (exact) mass is 342 g/mol. The first-order valence-electron chi connectivity index (χ1n) is 7.90. The summed E-state index contributed by atoms with van der Waals surface area (Å²) in [6.07, 6.45) is 0.594. The molecule has 1 atom stereocenters. The molecule has 0 aliphatic carbocycles. The standard InChI is InChI=1S/C19H19ClN2O2/c1-13-5-2-3-7-15(13)12-21-19(23)18-11-17(22-24-18)10-14-6-4-8-16(20)9-14/h2-9,18H,10-12H2,1H3,(H,21,23)/t18-/m1/s1. The van der Waals surface area contributed by atoms with Crippen molar-refractivity contribution in [2.45, 2.75) is 32.4 Å². The molecule has 24 heavy (non-hydrogen) atoms. The number of nitrogens with zero attached hydrogens (tertiary/aromatic N) is 1. The lowest BCUT2D eigenvalue weighted by Crippen LogP contribution is -2.34. The van der Waals surface area contributed by atoms with Crippen LogP contribution in [0.3, 0.4) is 0 Å². The highest BCUT2D eigenvalue weighted by molar-refractivity contribution is 6.30. The van der Waals surface area contributed by atoms with E-state index in [0.717, 1.165) is 22.4 Å². The summed E-state index contributed by atoms with van der Waals surface area (Å²) in [7, 11) is 0. The van der Waals surface area contributed by atoms with Crippen LogP contribution in [-0.2, 0) is 22.6 Å². The molecule has 0 saturated carbocycles. The summed E-state index contributed by atoms with van der Waals surface area (Å²) in [4.78, 5) is 17.5. The Hall–Kier alpha value is -2.33. The van der Waals surface area contributed by atoms with Crippen LogP contribution in [0.1, 0.15) is 23.1 Å². The zero-order chi connectivity index (χ0) is 16.9. The van der Waals surface area contributed by atoms with Crippen LogP contribution < -0.4 is 5.32 Å². The fraction of sp³-hybridized carbons (Fsp3) is 0.263. The third kappa shape index (κ3) is 4.15. The number of nitrogens with one attached hydrogen (secondary N) is 1. The molecule has 0 bridgehead atoms. The van der Waals surface area contributed by atoms with Gasteiger partial charge in [-0.25, -0.2) is 0 Å². The molecule has 124 valence electrons. The summed E-state index contributed by atoms with van der Waals surface area (Å²) in [6.45, 7) is 2.52. The van der Waals surface area contributed by atoms with Gasteiger partial charge in [0.2, 0.25) is 6.10 Å². The molecule has 0 aromatic heterocycles. The van der Waals surface area contributed by atoms with Gasteiger partial charge in [-0.05, 0) is 35.7 Å². The number of benzene rings is 2. The molecular formula is C19H19ClN2O2. The number of rotatable bonds is 5. The zero-order valence-electron chi connectivity index (χ0n) is 13.5. The van der Waals surface area contributed by atoms with Gasteiger partial charge in [-0.1, -0.05) is 53.2 Å². The highest BCUT2D eigenvalue weighted by Crippen LogP contribution is 2.17. The fourth-order valence-corrected chi connectivity index (χ4v) is 2.87. The summed E-state index contributed by atoms with van der Waals surface area (Å²) in [5.74, 6) is -0.136. The minimum atomic E-state index is -0.553. The van der Waals surface area contributed by atoms with Crippen molar-refractivity contribution in [3.05, 3.63) is 70.2 Å². The lowest BCUT2D eigenvalue weighted by atomic mass is 10.0. The SMILES string of the molecule is Cc1ccccc1CNC(=O)[C@H]1CC(Cc2cccc(Cl)c2)=NO1. The maximum absolute atomic E-state index is 12.3. The van der Waals surface area contributed by atoms with Crippen molar-refractivity contribution < 1.29 is 9.63 Å². The van der Waals surface area contributed by atoms with Crippen LogP contribution in [0.4, 0.5) is 0 Å². The van der Waals surface area contributed by atoms with E-state index in [1.165, 1.54) is 0 Å². The third-order valence-electron chi connectivity index (χ3n) is 4.03. The first-order chi connectivity index (χ1) is 11.6. The first kappa shape index (κ1) is 16.5. The number of hydrogen-bond donors (Lipinski definition) is 1. The highest BCUT2D eigenvalue weighted by atomic mass is 35.5. The Morgan fingerprint density at radius 3 is 2.92 bits per heavy atom. The first-order valence-corrected chi connectivity index (χ1v) is 8.28. The topological polar surface area (TPSA) is 50.7 Å². The van der Waals surface area contributed by atoms with Gasteiger partial charge in [-0.3, -0.25) is 4.79 Å². The summed E-state index contributed by atoms with van der Waals surface area (Å²) < 4.78 is 0. The van der Waals surface area contributed by atoms with Gasteiger partial charge in [-0.2, -0.15) is 0 Å². The largest absolute Gasteiger partial charge is 0.382 e. The third-order valence-corrected chi connectivity index (χ3v) is 4.27. The molecule has 4 nitrogen and oxygen atoms in total.